The molecule has 0 bridgehead atoms. The van der Waals surface area contributed by atoms with Crippen LogP contribution in [0.25, 0.3) is 0 Å². The summed E-state index contributed by atoms with van der Waals surface area (Å²) in [5, 5.41) is 3.70. The largest absolute Gasteiger partial charge is 0.329 e. The van der Waals surface area contributed by atoms with E-state index in [1.54, 1.807) is 0 Å². The van der Waals surface area contributed by atoms with E-state index in [4.69, 9.17) is 5.73 Å². The van der Waals surface area contributed by atoms with Crippen molar-refractivity contribution >= 4 is 0 Å². The average Bonchev–Trinajstić information content (AvgIpc) is 2.35. The Kier molecular flexibility index (Phi) is 6.21. The molecule has 1 fully saturated rings. The molecule has 0 saturated heterocycles. The van der Waals surface area contributed by atoms with Crippen LogP contribution in [0.5, 0.6) is 0 Å². The second-order valence-corrected chi connectivity index (χ2v) is 5.85. The highest BCUT2D eigenvalue weighted by Crippen LogP contribution is 2.35. The van der Waals surface area contributed by atoms with Crippen LogP contribution in [0.1, 0.15) is 52.9 Å². The van der Waals surface area contributed by atoms with E-state index in [9.17, 15) is 0 Å². The van der Waals surface area contributed by atoms with Gasteiger partial charge in [-0.15, -0.1) is 0 Å². The van der Waals surface area contributed by atoms with Crippen LogP contribution in [0.2, 0.25) is 0 Å². The Morgan fingerprint density at radius 1 is 1.35 bits per heavy atom. The van der Waals surface area contributed by atoms with Crippen LogP contribution in [0.4, 0.5) is 0 Å². The van der Waals surface area contributed by atoms with Crippen molar-refractivity contribution in [2.75, 3.05) is 13.1 Å². The lowest BCUT2D eigenvalue weighted by molar-refractivity contribution is 0.167. The molecule has 0 amide bonds. The first kappa shape index (κ1) is 14.7. The number of allylic oxidation sites excluding steroid dienone is 1. The van der Waals surface area contributed by atoms with Gasteiger partial charge in [0.05, 0.1) is 0 Å². The highest BCUT2D eigenvalue weighted by atomic mass is 15.0. The van der Waals surface area contributed by atoms with Gasteiger partial charge in [-0.1, -0.05) is 26.0 Å². The van der Waals surface area contributed by atoms with E-state index >= 15 is 0 Å². The van der Waals surface area contributed by atoms with Crippen LogP contribution in [0.15, 0.2) is 12.2 Å². The number of rotatable bonds is 6. The molecule has 0 unspecified atom stereocenters. The summed E-state index contributed by atoms with van der Waals surface area (Å²) in [6, 6.07) is 0. The van der Waals surface area contributed by atoms with Gasteiger partial charge in [-0.05, 0) is 57.4 Å². The third-order valence-corrected chi connectivity index (χ3v) is 4.37. The highest BCUT2D eigenvalue weighted by molar-refractivity contribution is 4.95. The van der Waals surface area contributed by atoms with Crippen LogP contribution in [-0.2, 0) is 0 Å². The topological polar surface area (TPSA) is 38.0 Å². The fraction of sp³-hybridized carbons (Fsp3) is 0.867. The van der Waals surface area contributed by atoms with Gasteiger partial charge in [0.2, 0.25) is 0 Å². The summed E-state index contributed by atoms with van der Waals surface area (Å²) in [6.45, 7) is 8.62. The minimum Gasteiger partial charge on any atom is -0.329 e. The fourth-order valence-electron chi connectivity index (χ4n) is 2.90. The smallest absolute Gasteiger partial charge is 0.0304 e. The summed E-state index contributed by atoms with van der Waals surface area (Å²) in [5.74, 6) is 1.74. The number of hydrogen-bond donors (Lipinski definition) is 2. The SMILES string of the molecule is C/C=C/CCNC1(CN)CCC(C(C)C)CC1. The summed E-state index contributed by atoms with van der Waals surface area (Å²) in [7, 11) is 0. The average molecular weight is 238 g/mol. The lowest BCUT2D eigenvalue weighted by atomic mass is 9.73. The monoisotopic (exact) mass is 238 g/mol. The Bertz CT molecular complexity index is 225. The zero-order chi connectivity index (χ0) is 12.7. The molecule has 0 heterocycles. The predicted octanol–water partition coefficient (Wildman–Crippen LogP) is 3.09. The van der Waals surface area contributed by atoms with Crippen molar-refractivity contribution in [1.82, 2.24) is 5.32 Å². The van der Waals surface area contributed by atoms with E-state index in [1.807, 2.05) is 0 Å². The summed E-state index contributed by atoms with van der Waals surface area (Å²) in [4.78, 5) is 0. The fourth-order valence-corrected chi connectivity index (χ4v) is 2.90. The third kappa shape index (κ3) is 4.44. The minimum atomic E-state index is 0.229. The first-order valence-corrected chi connectivity index (χ1v) is 7.20. The molecule has 1 aliphatic carbocycles. The molecule has 0 atom stereocenters. The standard InChI is InChI=1S/C15H30N2/c1-4-5-6-11-17-15(12-16)9-7-14(8-10-15)13(2)3/h4-5,13-14,17H,6-12,16H2,1-3H3/b5-4+. The van der Waals surface area contributed by atoms with Crippen LogP contribution >= 0.6 is 0 Å². The molecule has 17 heavy (non-hydrogen) atoms. The van der Waals surface area contributed by atoms with Crippen LogP contribution in [-0.4, -0.2) is 18.6 Å². The summed E-state index contributed by atoms with van der Waals surface area (Å²) in [6.07, 6.45) is 10.6. The van der Waals surface area contributed by atoms with Crippen LogP contribution < -0.4 is 11.1 Å². The zero-order valence-electron chi connectivity index (χ0n) is 11.8. The van der Waals surface area contributed by atoms with Crippen molar-refractivity contribution in [1.29, 1.82) is 0 Å². The van der Waals surface area contributed by atoms with Gasteiger partial charge in [-0.2, -0.15) is 0 Å². The van der Waals surface area contributed by atoms with Crippen molar-refractivity contribution in [2.45, 2.75) is 58.4 Å². The zero-order valence-corrected chi connectivity index (χ0v) is 11.8. The maximum Gasteiger partial charge on any atom is 0.0304 e. The Morgan fingerprint density at radius 2 is 2.00 bits per heavy atom. The second kappa shape index (κ2) is 7.17. The number of nitrogens with two attached hydrogens (primary N) is 1. The molecule has 0 aromatic heterocycles. The molecule has 0 spiro atoms. The van der Waals surface area contributed by atoms with E-state index in [2.05, 4.69) is 38.2 Å². The Hall–Kier alpha value is -0.340. The quantitative estimate of drug-likeness (QED) is 0.551. The van der Waals surface area contributed by atoms with Gasteiger partial charge >= 0.3 is 0 Å². The lowest BCUT2D eigenvalue weighted by Crippen LogP contribution is -2.53. The maximum absolute atomic E-state index is 5.99. The molecule has 2 heteroatoms. The van der Waals surface area contributed by atoms with Gasteiger partial charge in [0.1, 0.15) is 0 Å². The molecule has 0 radical (unpaired) electrons. The van der Waals surface area contributed by atoms with E-state index in [1.165, 1.54) is 25.7 Å². The van der Waals surface area contributed by atoms with E-state index in [-0.39, 0.29) is 5.54 Å². The van der Waals surface area contributed by atoms with E-state index in [0.29, 0.717) is 0 Å². The second-order valence-electron chi connectivity index (χ2n) is 5.85. The maximum atomic E-state index is 5.99. The molecule has 3 N–H and O–H groups in total. The summed E-state index contributed by atoms with van der Waals surface area (Å²) < 4.78 is 0. The molecule has 1 saturated carbocycles. The molecular formula is C15H30N2. The van der Waals surface area contributed by atoms with Crippen molar-refractivity contribution in [3.05, 3.63) is 12.2 Å². The Labute approximate surface area is 107 Å². The van der Waals surface area contributed by atoms with Gasteiger partial charge in [0.15, 0.2) is 0 Å². The molecule has 0 aliphatic heterocycles. The Morgan fingerprint density at radius 3 is 2.47 bits per heavy atom. The molecule has 100 valence electrons. The van der Waals surface area contributed by atoms with E-state index in [0.717, 1.165) is 31.3 Å². The van der Waals surface area contributed by atoms with Gasteiger partial charge in [0, 0.05) is 12.1 Å². The Balaban J connectivity index is 2.38. The van der Waals surface area contributed by atoms with Gasteiger partial charge in [-0.25, -0.2) is 0 Å². The predicted molar refractivity (Wildman–Crippen MR) is 76.0 cm³/mol. The summed E-state index contributed by atoms with van der Waals surface area (Å²) >= 11 is 0. The number of nitrogens with one attached hydrogen (secondary N) is 1. The van der Waals surface area contributed by atoms with Crippen molar-refractivity contribution in [3.8, 4) is 0 Å². The first-order chi connectivity index (χ1) is 8.13. The van der Waals surface area contributed by atoms with Gasteiger partial charge < -0.3 is 11.1 Å². The van der Waals surface area contributed by atoms with Crippen molar-refractivity contribution in [3.63, 3.8) is 0 Å². The van der Waals surface area contributed by atoms with E-state index < -0.39 is 0 Å². The molecule has 2 nitrogen and oxygen atoms in total. The normalized spacial score (nSPS) is 30.3. The molecule has 1 rings (SSSR count). The molecular weight excluding hydrogens is 208 g/mol. The van der Waals surface area contributed by atoms with Gasteiger partial charge in [0.25, 0.3) is 0 Å². The first-order valence-electron chi connectivity index (χ1n) is 7.20. The molecule has 1 aliphatic rings. The lowest BCUT2D eigenvalue weighted by Gasteiger charge is -2.41. The molecule has 0 aromatic rings. The van der Waals surface area contributed by atoms with Gasteiger partial charge in [-0.3, -0.25) is 0 Å². The van der Waals surface area contributed by atoms with Crippen molar-refractivity contribution in [2.24, 2.45) is 17.6 Å². The third-order valence-electron chi connectivity index (χ3n) is 4.37. The van der Waals surface area contributed by atoms with Crippen LogP contribution in [0.3, 0.4) is 0 Å². The highest BCUT2D eigenvalue weighted by Gasteiger charge is 2.34. The van der Waals surface area contributed by atoms with Crippen molar-refractivity contribution < 1.29 is 0 Å². The van der Waals surface area contributed by atoms with Crippen LogP contribution in [0, 0.1) is 11.8 Å². The minimum absolute atomic E-state index is 0.229. The number of hydrogen-bond acceptors (Lipinski definition) is 2. The summed E-state index contributed by atoms with van der Waals surface area (Å²) in [5.41, 5.74) is 6.22. The molecule has 0 aromatic carbocycles.